The fourth-order valence-corrected chi connectivity index (χ4v) is 2.25. The van der Waals surface area contributed by atoms with Crippen molar-refractivity contribution in [1.29, 1.82) is 0 Å². The zero-order chi connectivity index (χ0) is 13.9. The summed E-state index contributed by atoms with van der Waals surface area (Å²) in [7, 11) is 0. The maximum absolute atomic E-state index is 13.5. The number of carbonyl (C=O) groups is 1. The number of hydrogen-bond donors (Lipinski definition) is 1. The highest BCUT2D eigenvalue weighted by Crippen LogP contribution is 2.25. The average molecular weight is 271 g/mol. The first-order valence-corrected chi connectivity index (χ1v) is 6.51. The summed E-state index contributed by atoms with van der Waals surface area (Å²) in [4.78, 5) is 12.1. The van der Waals surface area contributed by atoms with Crippen LogP contribution in [0.4, 0.5) is 4.39 Å². The Morgan fingerprint density at radius 1 is 1.25 bits per heavy atom. The number of amides is 1. The Morgan fingerprint density at radius 3 is 2.95 bits per heavy atom. The number of benzene rings is 2. The molecule has 0 aliphatic carbocycles. The van der Waals surface area contributed by atoms with E-state index in [9.17, 15) is 9.18 Å². The number of nitrogens with one attached hydrogen (secondary N) is 1. The molecule has 0 unspecified atom stereocenters. The standard InChI is InChI=1S/C16H14FNO2/c17-14-4-2-1-3-13(14)10-18-16(19)12-5-6-15-11(9-12)7-8-20-15/h1-6,9H,7-8,10H2,(H,18,19). The molecule has 3 nitrogen and oxygen atoms in total. The number of carbonyl (C=O) groups excluding carboxylic acids is 1. The molecule has 0 atom stereocenters. The van der Waals surface area contributed by atoms with Crippen LogP contribution in [-0.2, 0) is 13.0 Å². The van der Waals surface area contributed by atoms with Crippen LogP contribution in [0.2, 0.25) is 0 Å². The first-order valence-electron chi connectivity index (χ1n) is 6.51. The maximum atomic E-state index is 13.5. The Hall–Kier alpha value is -2.36. The summed E-state index contributed by atoms with van der Waals surface area (Å²) in [5.41, 5.74) is 2.10. The lowest BCUT2D eigenvalue weighted by molar-refractivity contribution is 0.0950. The van der Waals surface area contributed by atoms with Crippen LogP contribution in [0.3, 0.4) is 0 Å². The van der Waals surface area contributed by atoms with Crippen molar-refractivity contribution in [3.05, 3.63) is 65.0 Å². The van der Waals surface area contributed by atoms with Gasteiger partial charge in [0.05, 0.1) is 6.61 Å². The van der Waals surface area contributed by atoms with Gasteiger partial charge < -0.3 is 10.1 Å². The number of rotatable bonds is 3. The van der Waals surface area contributed by atoms with Gasteiger partial charge in [-0.1, -0.05) is 18.2 Å². The molecular weight excluding hydrogens is 257 g/mol. The predicted molar refractivity (Wildman–Crippen MR) is 73.2 cm³/mol. The minimum atomic E-state index is -0.310. The predicted octanol–water partition coefficient (Wildman–Crippen LogP) is 2.69. The van der Waals surface area contributed by atoms with Crippen molar-refractivity contribution >= 4 is 5.91 Å². The lowest BCUT2D eigenvalue weighted by atomic mass is 10.1. The van der Waals surface area contributed by atoms with Gasteiger partial charge in [0.15, 0.2) is 0 Å². The van der Waals surface area contributed by atoms with Crippen LogP contribution in [0.5, 0.6) is 5.75 Å². The Balaban J connectivity index is 1.69. The molecule has 2 aromatic carbocycles. The zero-order valence-corrected chi connectivity index (χ0v) is 10.9. The normalized spacial score (nSPS) is 12.7. The second kappa shape index (κ2) is 5.33. The maximum Gasteiger partial charge on any atom is 0.251 e. The van der Waals surface area contributed by atoms with Crippen molar-refractivity contribution in [2.24, 2.45) is 0 Å². The molecule has 20 heavy (non-hydrogen) atoms. The van der Waals surface area contributed by atoms with Crippen LogP contribution < -0.4 is 10.1 Å². The van der Waals surface area contributed by atoms with Crippen molar-refractivity contribution in [2.75, 3.05) is 6.61 Å². The van der Waals surface area contributed by atoms with E-state index in [2.05, 4.69) is 5.32 Å². The average Bonchev–Trinajstić information content (AvgIpc) is 2.93. The highest BCUT2D eigenvalue weighted by molar-refractivity contribution is 5.94. The molecule has 4 heteroatoms. The molecule has 0 aromatic heterocycles. The van der Waals surface area contributed by atoms with Gasteiger partial charge in [-0.3, -0.25) is 4.79 Å². The van der Waals surface area contributed by atoms with E-state index in [4.69, 9.17) is 4.74 Å². The summed E-state index contributed by atoms with van der Waals surface area (Å²) in [6, 6.07) is 11.8. The van der Waals surface area contributed by atoms with Crippen molar-refractivity contribution in [3.8, 4) is 5.75 Å². The van der Waals surface area contributed by atoms with E-state index < -0.39 is 0 Å². The van der Waals surface area contributed by atoms with Crippen molar-refractivity contribution in [1.82, 2.24) is 5.32 Å². The molecule has 2 aromatic rings. The highest BCUT2D eigenvalue weighted by Gasteiger charge is 2.15. The second-order valence-electron chi connectivity index (χ2n) is 4.70. The summed E-state index contributed by atoms with van der Waals surface area (Å²) in [6.07, 6.45) is 0.823. The summed E-state index contributed by atoms with van der Waals surface area (Å²) < 4.78 is 18.9. The monoisotopic (exact) mass is 271 g/mol. The van der Waals surface area contributed by atoms with E-state index in [-0.39, 0.29) is 18.3 Å². The summed E-state index contributed by atoms with van der Waals surface area (Å²) in [5, 5.41) is 2.73. The topological polar surface area (TPSA) is 38.3 Å². The first-order chi connectivity index (χ1) is 9.74. The van der Waals surface area contributed by atoms with Gasteiger partial charge in [0, 0.05) is 24.1 Å². The smallest absolute Gasteiger partial charge is 0.251 e. The Labute approximate surface area is 116 Å². The minimum Gasteiger partial charge on any atom is -0.493 e. The molecule has 1 aliphatic heterocycles. The zero-order valence-electron chi connectivity index (χ0n) is 10.9. The molecule has 3 rings (SSSR count). The molecule has 102 valence electrons. The van der Waals surface area contributed by atoms with E-state index in [1.165, 1.54) is 6.07 Å². The molecule has 1 heterocycles. The van der Waals surface area contributed by atoms with E-state index in [0.717, 1.165) is 17.7 Å². The van der Waals surface area contributed by atoms with Crippen molar-refractivity contribution in [2.45, 2.75) is 13.0 Å². The van der Waals surface area contributed by atoms with E-state index in [1.807, 2.05) is 6.07 Å². The third kappa shape index (κ3) is 2.50. The van der Waals surface area contributed by atoms with Crippen molar-refractivity contribution in [3.63, 3.8) is 0 Å². The molecule has 0 bridgehead atoms. The number of halogens is 1. The van der Waals surface area contributed by atoms with Crippen LogP contribution >= 0.6 is 0 Å². The van der Waals surface area contributed by atoms with E-state index >= 15 is 0 Å². The molecule has 0 spiro atoms. The van der Waals surface area contributed by atoms with Crippen molar-refractivity contribution < 1.29 is 13.9 Å². The Bertz CT molecular complexity index is 655. The van der Waals surface area contributed by atoms with Gasteiger partial charge >= 0.3 is 0 Å². The summed E-state index contributed by atoms with van der Waals surface area (Å²) >= 11 is 0. The van der Waals surface area contributed by atoms with E-state index in [0.29, 0.717) is 17.7 Å². The van der Waals surface area contributed by atoms with Gasteiger partial charge in [-0.25, -0.2) is 4.39 Å². The molecular formula is C16H14FNO2. The van der Waals surface area contributed by atoms with Gasteiger partial charge in [0.25, 0.3) is 5.91 Å². The van der Waals surface area contributed by atoms with E-state index in [1.54, 1.807) is 30.3 Å². The Morgan fingerprint density at radius 2 is 2.10 bits per heavy atom. The summed E-state index contributed by atoms with van der Waals surface area (Å²) in [5.74, 6) is 0.328. The molecule has 0 radical (unpaired) electrons. The number of fused-ring (bicyclic) bond motifs is 1. The van der Waals surface area contributed by atoms with Gasteiger partial charge in [-0.2, -0.15) is 0 Å². The fourth-order valence-electron chi connectivity index (χ4n) is 2.25. The Kier molecular flexibility index (Phi) is 3.37. The van der Waals surface area contributed by atoms with Crippen LogP contribution in [0.15, 0.2) is 42.5 Å². The van der Waals surface area contributed by atoms with Gasteiger partial charge in [0.1, 0.15) is 11.6 Å². The fraction of sp³-hybridized carbons (Fsp3) is 0.188. The van der Waals surface area contributed by atoms with Gasteiger partial charge in [-0.05, 0) is 29.8 Å². The molecule has 0 saturated carbocycles. The lowest BCUT2D eigenvalue weighted by Crippen LogP contribution is -2.23. The van der Waals surface area contributed by atoms with Gasteiger partial charge in [0.2, 0.25) is 0 Å². The van der Waals surface area contributed by atoms with Crippen LogP contribution in [0.25, 0.3) is 0 Å². The van der Waals surface area contributed by atoms with Crippen LogP contribution in [-0.4, -0.2) is 12.5 Å². The largest absolute Gasteiger partial charge is 0.493 e. The molecule has 1 amide bonds. The molecule has 0 fully saturated rings. The highest BCUT2D eigenvalue weighted by atomic mass is 19.1. The van der Waals surface area contributed by atoms with Gasteiger partial charge in [-0.15, -0.1) is 0 Å². The third-order valence-corrected chi connectivity index (χ3v) is 3.35. The molecule has 1 N–H and O–H groups in total. The number of hydrogen-bond acceptors (Lipinski definition) is 2. The third-order valence-electron chi connectivity index (χ3n) is 3.35. The quantitative estimate of drug-likeness (QED) is 0.932. The van der Waals surface area contributed by atoms with Crippen LogP contribution in [0.1, 0.15) is 21.5 Å². The second-order valence-corrected chi connectivity index (χ2v) is 4.70. The molecule has 0 saturated heterocycles. The lowest BCUT2D eigenvalue weighted by Gasteiger charge is -2.07. The number of ether oxygens (including phenoxy) is 1. The molecule has 1 aliphatic rings. The first kappa shape index (κ1) is 12.7. The minimum absolute atomic E-state index is 0.180. The summed E-state index contributed by atoms with van der Waals surface area (Å²) in [6.45, 7) is 0.842. The SMILES string of the molecule is O=C(NCc1ccccc1F)c1ccc2c(c1)CCO2. The van der Waals surface area contributed by atoms with Crippen LogP contribution in [0, 0.1) is 5.82 Å².